The van der Waals surface area contributed by atoms with Crippen molar-refractivity contribution in [2.24, 2.45) is 35.0 Å². The molecule has 1 saturated carbocycles. The Morgan fingerprint density at radius 1 is 0.980 bits per heavy atom. The highest BCUT2D eigenvalue weighted by Gasteiger charge is 2.66. The van der Waals surface area contributed by atoms with E-state index >= 15 is 0 Å². The van der Waals surface area contributed by atoms with Gasteiger partial charge in [-0.15, -0.1) is 0 Å². The lowest BCUT2D eigenvalue weighted by Crippen LogP contribution is -2.49. The molecule has 252 valence electrons. The molecule has 3 aromatic carbocycles. The predicted octanol–water partition coefficient (Wildman–Crippen LogP) is 5.92. The molecule has 2 heterocycles. The number of likely N-dealkylation sites (tertiary alicyclic amines) is 1. The number of ether oxygens (including phenoxy) is 1. The van der Waals surface area contributed by atoms with Crippen LogP contribution in [0.4, 0.5) is 10.1 Å². The molecular weight excluding hydrogens is 651 g/mol. The molecule has 2 aliphatic carbocycles. The van der Waals surface area contributed by atoms with Crippen LogP contribution in [0.3, 0.4) is 0 Å². The highest BCUT2D eigenvalue weighted by atomic mass is 35.5. The van der Waals surface area contributed by atoms with Crippen LogP contribution in [0.2, 0.25) is 5.02 Å². The van der Waals surface area contributed by atoms with E-state index in [2.05, 4.69) is 0 Å². The third-order valence-corrected chi connectivity index (χ3v) is 11.1. The maximum atomic E-state index is 14.5. The SMILES string of the molecule is COc1cc(C=C[C@H]2C3=CC[C@@H]4C(=O)N(CCc5ccc(O)cc5)C(=O)[C@@H]4[C@@H]3C[C@H]3C(=O)N(c4ccc(F)c(Cl)c4)C(=O)[C@@]23C)ccc1O. The molecule has 4 amide bonds. The number of nitrogens with zero attached hydrogens (tertiary/aromatic N) is 2. The highest BCUT2D eigenvalue weighted by Crippen LogP contribution is 2.61. The van der Waals surface area contributed by atoms with Gasteiger partial charge in [0.2, 0.25) is 23.6 Å². The number of phenolic OH excluding ortho intramolecular Hbond substituents is 2. The van der Waals surface area contributed by atoms with Crippen molar-refractivity contribution in [2.75, 3.05) is 18.6 Å². The van der Waals surface area contributed by atoms with E-state index in [1.165, 1.54) is 30.2 Å². The van der Waals surface area contributed by atoms with Crippen LogP contribution in [0.1, 0.15) is 30.9 Å². The van der Waals surface area contributed by atoms with Crippen molar-refractivity contribution in [1.82, 2.24) is 4.90 Å². The van der Waals surface area contributed by atoms with Crippen molar-refractivity contribution in [3.8, 4) is 17.2 Å². The smallest absolute Gasteiger partial charge is 0.241 e. The Hall–Kier alpha value is -4.96. The monoisotopic (exact) mass is 684 g/mol. The van der Waals surface area contributed by atoms with Crippen LogP contribution in [0.5, 0.6) is 17.2 Å². The number of carbonyl (C=O) groups is 4. The first-order chi connectivity index (χ1) is 23.4. The summed E-state index contributed by atoms with van der Waals surface area (Å²) in [5, 5.41) is 19.5. The number of carbonyl (C=O) groups excluding carboxylic acids is 4. The third kappa shape index (κ3) is 5.20. The minimum atomic E-state index is -1.27. The third-order valence-electron chi connectivity index (χ3n) is 10.8. The highest BCUT2D eigenvalue weighted by molar-refractivity contribution is 6.31. The van der Waals surface area contributed by atoms with Crippen molar-refractivity contribution in [3.63, 3.8) is 0 Å². The van der Waals surface area contributed by atoms with Crippen LogP contribution in [0, 0.1) is 40.8 Å². The number of hydrogen-bond acceptors (Lipinski definition) is 7. The zero-order chi connectivity index (χ0) is 34.8. The van der Waals surface area contributed by atoms with Gasteiger partial charge in [0, 0.05) is 12.5 Å². The van der Waals surface area contributed by atoms with Gasteiger partial charge in [-0.2, -0.15) is 0 Å². The average Bonchev–Trinajstić information content (AvgIpc) is 3.45. The molecule has 0 aromatic heterocycles. The van der Waals surface area contributed by atoms with Crippen molar-refractivity contribution < 1.29 is 38.5 Å². The maximum Gasteiger partial charge on any atom is 0.241 e. The Bertz CT molecular complexity index is 1960. The Kier molecular flexibility index (Phi) is 8.10. The first kappa shape index (κ1) is 32.6. The molecule has 49 heavy (non-hydrogen) atoms. The van der Waals surface area contributed by atoms with Gasteiger partial charge >= 0.3 is 0 Å². The summed E-state index contributed by atoms with van der Waals surface area (Å²) in [6.45, 7) is 1.94. The fourth-order valence-electron chi connectivity index (χ4n) is 8.28. The first-order valence-corrected chi connectivity index (χ1v) is 16.5. The number of benzene rings is 3. The number of fused-ring (bicyclic) bond motifs is 4. The Morgan fingerprint density at radius 3 is 2.45 bits per heavy atom. The summed E-state index contributed by atoms with van der Waals surface area (Å²) in [5.41, 5.74) is 1.26. The van der Waals surface area contributed by atoms with Gasteiger partial charge in [-0.3, -0.25) is 24.1 Å². The zero-order valence-corrected chi connectivity index (χ0v) is 27.6. The van der Waals surface area contributed by atoms with Gasteiger partial charge in [0.05, 0.1) is 41.0 Å². The molecule has 0 spiro atoms. The Balaban J connectivity index is 1.27. The quantitative estimate of drug-likeness (QED) is 0.234. The fraction of sp³-hybridized carbons (Fsp3) is 0.316. The van der Waals surface area contributed by atoms with E-state index in [9.17, 15) is 33.8 Å². The molecule has 0 unspecified atom stereocenters. The molecule has 6 atom stereocenters. The van der Waals surface area contributed by atoms with Gasteiger partial charge in [0.15, 0.2) is 11.5 Å². The molecule has 2 N–H and O–H groups in total. The predicted molar refractivity (Wildman–Crippen MR) is 179 cm³/mol. The topological polar surface area (TPSA) is 124 Å². The number of halogens is 2. The van der Waals surface area contributed by atoms with E-state index in [0.717, 1.165) is 22.1 Å². The fourth-order valence-corrected chi connectivity index (χ4v) is 8.46. The first-order valence-electron chi connectivity index (χ1n) is 16.2. The van der Waals surface area contributed by atoms with Crippen LogP contribution in [-0.4, -0.2) is 52.4 Å². The molecule has 7 rings (SSSR count). The van der Waals surface area contributed by atoms with E-state index in [1.807, 2.05) is 12.2 Å². The number of anilines is 1. The normalized spacial score (nSPS) is 27.8. The van der Waals surface area contributed by atoms with Gasteiger partial charge in [-0.1, -0.05) is 53.6 Å². The van der Waals surface area contributed by atoms with E-state index in [-0.39, 0.29) is 52.7 Å². The number of allylic oxidation sites excluding steroid dienone is 3. The van der Waals surface area contributed by atoms with Gasteiger partial charge in [0.25, 0.3) is 0 Å². The Morgan fingerprint density at radius 2 is 1.73 bits per heavy atom. The largest absolute Gasteiger partial charge is 0.508 e. The summed E-state index contributed by atoms with van der Waals surface area (Å²) >= 11 is 6.07. The van der Waals surface area contributed by atoms with Crippen molar-refractivity contribution >= 4 is 47.0 Å². The zero-order valence-electron chi connectivity index (χ0n) is 26.8. The standard InChI is InChI=1S/C38H34ClFN2O7/c1-38-27(12-5-21-6-14-31(44)32(17-21)49-2)24-10-11-25-33(36(47)41(34(25)45)16-15-20-3-8-23(43)9-4-20)26(24)19-28(38)35(46)42(37(38)48)22-7-13-30(40)29(39)18-22/h3-10,12-14,17-18,25-28,33,43-44H,11,15-16,19H2,1-2H3/t25-,26+,27-,28-,33-,38-/m0/s1. The summed E-state index contributed by atoms with van der Waals surface area (Å²) in [6, 6.07) is 15.2. The molecule has 9 nitrogen and oxygen atoms in total. The molecule has 3 aromatic rings. The number of aromatic hydroxyl groups is 2. The van der Waals surface area contributed by atoms with Gasteiger partial charge in [0.1, 0.15) is 11.6 Å². The summed E-state index contributed by atoms with van der Waals surface area (Å²) in [4.78, 5) is 58.9. The molecule has 4 aliphatic rings. The second-order valence-electron chi connectivity index (χ2n) is 13.3. The lowest BCUT2D eigenvalue weighted by atomic mass is 9.52. The van der Waals surface area contributed by atoms with Gasteiger partial charge in [-0.25, -0.2) is 9.29 Å². The lowest BCUT2D eigenvalue weighted by Gasteiger charge is -2.47. The molecule has 3 fully saturated rings. The molecular formula is C38H34ClFN2O7. The molecule has 0 radical (unpaired) electrons. The van der Waals surface area contributed by atoms with Crippen LogP contribution in [0.25, 0.3) is 6.08 Å². The van der Waals surface area contributed by atoms with Crippen molar-refractivity contribution in [2.45, 2.75) is 26.2 Å². The minimum Gasteiger partial charge on any atom is -0.508 e. The van der Waals surface area contributed by atoms with Crippen LogP contribution in [-0.2, 0) is 25.6 Å². The molecule has 0 bridgehead atoms. The van der Waals surface area contributed by atoms with E-state index in [0.29, 0.717) is 18.4 Å². The number of amides is 4. The number of methoxy groups -OCH3 is 1. The second kappa shape index (κ2) is 12.2. The van der Waals surface area contributed by atoms with Crippen molar-refractivity contribution in [1.29, 1.82) is 0 Å². The molecule has 11 heteroatoms. The summed E-state index contributed by atoms with van der Waals surface area (Å²) in [5.74, 6) is -5.05. The van der Waals surface area contributed by atoms with E-state index < -0.39 is 52.6 Å². The van der Waals surface area contributed by atoms with Gasteiger partial charge < -0.3 is 14.9 Å². The number of rotatable bonds is 7. The molecule has 2 aliphatic heterocycles. The summed E-state index contributed by atoms with van der Waals surface area (Å²) < 4.78 is 19.4. The number of imide groups is 2. The van der Waals surface area contributed by atoms with Crippen molar-refractivity contribution in [3.05, 3.63) is 100 Å². The number of phenols is 2. The van der Waals surface area contributed by atoms with Crippen LogP contribution >= 0.6 is 11.6 Å². The lowest BCUT2D eigenvalue weighted by molar-refractivity contribution is -0.140. The average molecular weight is 685 g/mol. The number of hydrogen-bond donors (Lipinski definition) is 2. The van der Waals surface area contributed by atoms with Gasteiger partial charge in [-0.05, 0) is 85.7 Å². The molecule has 2 saturated heterocycles. The van der Waals surface area contributed by atoms with Crippen LogP contribution in [0.15, 0.2) is 78.4 Å². The summed E-state index contributed by atoms with van der Waals surface area (Å²) in [7, 11) is 1.44. The van der Waals surface area contributed by atoms with E-state index in [1.54, 1.807) is 49.4 Å². The Labute approximate surface area is 287 Å². The minimum absolute atomic E-state index is 0.0324. The van der Waals surface area contributed by atoms with Crippen LogP contribution < -0.4 is 9.64 Å². The van der Waals surface area contributed by atoms with E-state index in [4.69, 9.17) is 16.3 Å². The second-order valence-corrected chi connectivity index (χ2v) is 13.7. The maximum absolute atomic E-state index is 14.5. The summed E-state index contributed by atoms with van der Waals surface area (Å²) in [6.07, 6.45) is 6.53.